The molecule has 1 aliphatic rings. The highest BCUT2D eigenvalue weighted by Gasteiger charge is 2.27. The fraction of sp³-hybridized carbons (Fsp3) is 0.833. The molecule has 0 bridgehead atoms. The van der Waals surface area contributed by atoms with Gasteiger partial charge in [0.05, 0.1) is 0 Å². The molecule has 0 atom stereocenters. The molecule has 18 heavy (non-hydrogen) atoms. The second-order valence-electron chi connectivity index (χ2n) is 5.24. The van der Waals surface area contributed by atoms with Gasteiger partial charge in [-0.25, -0.2) is 4.79 Å². The molecule has 6 heteroatoms. The van der Waals surface area contributed by atoms with Gasteiger partial charge in [0.1, 0.15) is 11.7 Å². The number of piperidine rings is 1. The topological polar surface area (TPSA) is 38.8 Å². The van der Waals surface area contributed by atoms with Crippen molar-refractivity contribution in [2.24, 2.45) is 0 Å². The molecule has 1 amide bonds. The molecule has 4 nitrogen and oxygen atoms in total. The van der Waals surface area contributed by atoms with Crippen molar-refractivity contribution in [1.29, 1.82) is 0 Å². The standard InChI is InChI=1S/C12H21NO3S2/c1-12(2,3)16-10(14)13-7-5-9(6-8-13)15-11(17)18-4/h9H,5-8H2,1-4H3. The number of nitrogens with zero attached hydrogens (tertiary/aromatic N) is 1. The normalized spacial score (nSPS) is 17.4. The lowest BCUT2D eigenvalue weighted by molar-refractivity contribution is 0.0122. The molecule has 1 aliphatic heterocycles. The van der Waals surface area contributed by atoms with Crippen LogP contribution in [-0.4, -0.2) is 46.4 Å². The van der Waals surface area contributed by atoms with Crippen LogP contribution in [0.5, 0.6) is 0 Å². The highest BCUT2D eigenvalue weighted by molar-refractivity contribution is 8.22. The molecule has 1 saturated heterocycles. The van der Waals surface area contributed by atoms with Gasteiger partial charge in [0.2, 0.25) is 4.38 Å². The van der Waals surface area contributed by atoms with E-state index in [0.717, 1.165) is 12.8 Å². The molecule has 0 aromatic rings. The highest BCUT2D eigenvalue weighted by Crippen LogP contribution is 2.18. The number of ether oxygens (including phenoxy) is 2. The Morgan fingerprint density at radius 2 is 1.89 bits per heavy atom. The van der Waals surface area contributed by atoms with Gasteiger partial charge in [0.25, 0.3) is 0 Å². The summed E-state index contributed by atoms with van der Waals surface area (Å²) in [6, 6.07) is 0. The second kappa shape index (κ2) is 6.61. The number of hydrogen-bond donors (Lipinski definition) is 0. The van der Waals surface area contributed by atoms with Crippen molar-refractivity contribution in [3.8, 4) is 0 Å². The molecule has 1 heterocycles. The lowest BCUT2D eigenvalue weighted by Gasteiger charge is -2.33. The number of thioether (sulfide) groups is 1. The molecule has 0 aromatic heterocycles. The molecular weight excluding hydrogens is 270 g/mol. The molecule has 1 fully saturated rings. The van der Waals surface area contributed by atoms with E-state index in [1.54, 1.807) is 4.90 Å². The SMILES string of the molecule is CSC(=S)OC1CCN(C(=O)OC(C)(C)C)CC1. The summed E-state index contributed by atoms with van der Waals surface area (Å²) in [5.41, 5.74) is -0.440. The van der Waals surface area contributed by atoms with Gasteiger partial charge < -0.3 is 14.4 Å². The largest absolute Gasteiger partial charge is 0.475 e. The summed E-state index contributed by atoms with van der Waals surface area (Å²) in [7, 11) is 0. The maximum atomic E-state index is 11.8. The molecular formula is C12H21NO3S2. The first kappa shape index (κ1) is 15.6. The first-order valence-electron chi connectivity index (χ1n) is 6.04. The van der Waals surface area contributed by atoms with E-state index in [0.29, 0.717) is 17.5 Å². The molecule has 0 N–H and O–H groups in total. The van der Waals surface area contributed by atoms with Crippen molar-refractivity contribution in [3.05, 3.63) is 0 Å². The Labute approximate surface area is 118 Å². The predicted octanol–water partition coefficient (Wildman–Crippen LogP) is 3.05. The first-order valence-corrected chi connectivity index (χ1v) is 7.67. The van der Waals surface area contributed by atoms with Gasteiger partial charge in [0.15, 0.2) is 0 Å². The number of amides is 1. The zero-order valence-electron chi connectivity index (χ0n) is 11.4. The van der Waals surface area contributed by atoms with Crippen LogP contribution < -0.4 is 0 Å². The zero-order valence-corrected chi connectivity index (χ0v) is 13.0. The van der Waals surface area contributed by atoms with Crippen LogP contribution >= 0.6 is 24.0 Å². The highest BCUT2D eigenvalue weighted by atomic mass is 32.2. The van der Waals surface area contributed by atoms with Crippen LogP contribution in [0.2, 0.25) is 0 Å². The summed E-state index contributed by atoms with van der Waals surface area (Å²) < 4.78 is 11.5. The second-order valence-corrected chi connectivity index (χ2v) is 6.65. The van der Waals surface area contributed by atoms with Crippen molar-refractivity contribution in [1.82, 2.24) is 4.90 Å². The number of likely N-dealkylation sites (tertiary alicyclic amines) is 1. The van der Waals surface area contributed by atoms with Crippen LogP contribution in [0.3, 0.4) is 0 Å². The minimum Gasteiger partial charge on any atom is -0.475 e. The van der Waals surface area contributed by atoms with Gasteiger partial charge in [-0.3, -0.25) is 0 Å². The Balaban J connectivity index is 2.35. The lowest BCUT2D eigenvalue weighted by atomic mass is 10.1. The van der Waals surface area contributed by atoms with Gasteiger partial charge in [-0.05, 0) is 39.2 Å². The smallest absolute Gasteiger partial charge is 0.410 e. The van der Waals surface area contributed by atoms with Gasteiger partial charge in [-0.1, -0.05) is 11.8 Å². The zero-order chi connectivity index (χ0) is 13.8. The minimum absolute atomic E-state index is 0.128. The Kier molecular flexibility index (Phi) is 5.72. The first-order chi connectivity index (χ1) is 8.31. The Hall–Kier alpha value is -0.490. The monoisotopic (exact) mass is 291 g/mol. The average molecular weight is 291 g/mol. The van der Waals surface area contributed by atoms with E-state index in [9.17, 15) is 4.79 Å². The predicted molar refractivity (Wildman–Crippen MR) is 78.0 cm³/mol. The summed E-state index contributed by atoms with van der Waals surface area (Å²) in [5.74, 6) is 0. The summed E-state index contributed by atoms with van der Waals surface area (Å²) >= 11 is 6.46. The van der Waals surface area contributed by atoms with Crippen LogP contribution in [0.25, 0.3) is 0 Å². The fourth-order valence-corrected chi connectivity index (χ4v) is 2.04. The minimum atomic E-state index is -0.440. The molecule has 0 aromatic carbocycles. The van der Waals surface area contributed by atoms with Crippen LogP contribution in [-0.2, 0) is 9.47 Å². The Morgan fingerprint density at radius 3 is 2.33 bits per heavy atom. The number of thiocarbonyl (C=S) groups is 1. The summed E-state index contributed by atoms with van der Waals surface area (Å²) in [4.78, 5) is 13.6. The number of rotatable bonds is 1. The quantitative estimate of drug-likeness (QED) is 0.694. The van der Waals surface area contributed by atoms with Gasteiger partial charge in [-0.15, -0.1) is 0 Å². The van der Waals surface area contributed by atoms with Gasteiger partial charge >= 0.3 is 6.09 Å². The van der Waals surface area contributed by atoms with E-state index in [1.165, 1.54) is 11.8 Å². The molecule has 0 unspecified atom stereocenters. The third kappa shape index (κ3) is 5.44. The maximum absolute atomic E-state index is 11.8. The van der Waals surface area contributed by atoms with Crippen molar-refractivity contribution in [2.45, 2.75) is 45.3 Å². The Morgan fingerprint density at radius 1 is 1.33 bits per heavy atom. The molecule has 104 valence electrons. The van der Waals surface area contributed by atoms with Gasteiger partial charge in [0, 0.05) is 25.9 Å². The van der Waals surface area contributed by atoms with Crippen molar-refractivity contribution in [3.63, 3.8) is 0 Å². The van der Waals surface area contributed by atoms with Crippen molar-refractivity contribution < 1.29 is 14.3 Å². The number of hydrogen-bond acceptors (Lipinski definition) is 5. The number of carbonyl (C=O) groups is 1. The van der Waals surface area contributed by atoms with Crippen LogP contribution in [0.4, 0.5) is 4.79 Å². The van der Waals surface area contributed by atoms with E-state index < -0.39 is 5.60 Å². The van der Waals surface area contributed by atoms with Crippen molar-refractivity contribution >= 4 is 34.5 Å². The molecule has 0 saturated carbocycles. The van der Waals surface area contributed by atoms with Crippen LogP contribution in [0, 0.1) is 0 Å². The molecule has 0 aliphatic carbocycles. The molecule has 0 spiro atoms. The lowest BCUT2D eigenvalue weighted by Crippen LogP contribution is -2.43. The van der Waals surface area contributed by atoms with E-state index in [1.807, 2.05) is 27.0 Å². The van der Waals surface area contributed by atoms with E-state index in [2.05, 4.69) is 0 Å². The maximum Gasteiger partial charge on any atom is 0.410 e. The van der Waals surface area contributed by atoms with Crippen LogP contribution in [0.1, 0.15) is 33.6 Å². The summed E-state index contributed by atoms with van der Waals surface area (Å²) in [6.45, 7) is 6.94. The third-order valence-electron chi connectivity index (χ3n) is 2.52. The Bertz CT molecular complexity index is 307. The summed E-state index contributed by atoms with van der Waals surface area (Å²) in [6.07, 6.45) is 3.40. The van der Waals surface area contributed by atoms with Gasteiger partial charge in [-0.2, -0.15) is 0 Å². The third-order valence-corrected chi connectivity index (χ3v) is 3.55. The number of carbonyl (C=O) groups excluding carboxylic acids is 1. The summed E-state index contributed by atoms with van der Waals surface area (Å²) in [5, 5.41) is 0. The van der Waals surface area contributed by atoms with E-state index >= 15 is 0 Å². The molecule has 1 rings (SSSR count). The average Bonchev–Trinajstić information content (AvgIpc) is 2.27. The fourth-order valence-electron chi connectivity index (χ4n) is 1.67. The van der Waals surface area contributed by atoms with E-state index in [4.69, 9.17) is 21.7 Å². The molecule has 0 radical (unpaired) electrons. The van der Waals surface area contributed by atoms with Crippen molar-refractivity contribution in [2.75, 3.05) is 19.3 Å². The van der Waals surface area contributed by atoms with E-state index in [-0.39, 0.29) is 12.2 Å². The van der Waals surface area contributed by atoms with Crippen LogP contribution in [0.15, 0.2) is 0 Å².